The van der Waals surface area contributed by atoms with Gasteiger partial charge >= 0.3 is 0 Å². The molecule has 0 saturated heterocycles. The monoisotopic (exact) mass is 302 g/mol. The van der Waals surface area contributed by atoms with Crippen molar-refractivity contribution >= 4 is 23.6 Å². The summed E-state index contributed by atoms with van der Waals surface area (Å²) in [5.41, 5.74) is 4.27. The Hall–Kier alpha value is -2.45. The van der Waals surface area contributed by atoms with E-state index in [1.54, 1.807) is 0 Å². The lowest BCUT2D eigenvalue weighted by Gasteiger charge is -2.04. The molecule has 22 heavy (non-hydrogen) atoms. The van der Waals surface area contributed by atoms with Crippen LogP contribution in [0.2, 0.25) is 0 Å². The van der Waals surface area contributed by atoms with Crippen LogP contribution in [0.4, 0.5) is 0 Å². The smallest absolute Gasteiger partial charge is 0.143 e. The van der Waals surface area contributed by atoms with E-state index in [-0.39, 0.29) is 0 Å². The first-order valence-corrected chi connectivity index (χ1v) is 7.64. The highest BCUT2D eigenvalue weighted by Crippen LogP contribution is 2.40. The van der Waals surface area contributed by atoms with Gasteiger partial charge in [-0.3, -0.25) is 0 Å². The van der Waals surface area contributed by atoms with Crippen molar-refractivity contribution in [3.05, 3.63) is 78.9 Å². The van der Waals surface area contributed by atoms with Crippen molar-refractivity contribution in [2.24, 2.45) is 0 Å². The van der Waals surface area contributed by atoms with Crippen molar-refractivity contribution in [1.82, 2.24) is 0 Å². The zero-order valence-corrected chi connectivity index (χ0v) is 12.8. The molecule has 4 rings (SSSR count). The molecule has 1 nitrogen and oxygen atoms in total. The lowest BCUT2D eigenvalue weighted by atomic mass is 9.99. The lowest BCUT2D eigenvalue weighted by Crippen LogP contribution is -1.81. The Balaban J connectivity index is 2.04. The maximum Gasteiger partial charge on any atom is 0.143 e. The molecule has 0 atom stereocenters. The Morgan fingerprint density at radius 2 is 1.32 bits per heavy atom. The minimum atomic E-state index is 0.909. The summed E-state index contributed by atoms with van der Waals surface area (Å²) < 4.78 is 6.15. The van der Waals surface area contributed by atoms with Gasteiger partial charge in [-0.25, -0.2) is 0 Å². The van der Waals surface area contributed by atoms with Crippen molar-refractivity contribution in [3.8, 4) is 22.5 Å². The highest BCUT2D eigenvalue weighted by molar-refractivity contribution is 7.80. The summed E-state index contributed by atoms with van der Waals surface area (Å²) >= 11 is 4.37. The molecular formula is C20H14OS. The predicted molar refractivity (Wildman–Crippen MR) is 94.3 cm³/mol. The van der Waals surface area contributed by atoms with Crippen LogP contribution in [0.3, 0.4) is 0 Å². The Kier molecular flexibility index (Phi) is 3.24. The van der Waals surface area contributed by atoms with E-state index in [1.165, 1.54) is 0 Å². The number of fused-ring (bicyclic) bond motifs is 1. The van der Waals surface area contributed by atoms with Gasteiger partial charge in [0.25, 0.3) is 0 Å². The fourth-order valence-electron chi connectivity index (χ4n) is 2.75. The lowest BCUT2D eigenvalue weighted by molar-refractivity contribution is 0.632. The molecule has 4 aromatic rings. The van der Waals surface area contributed by atoms with Gasteiger partial charge in [-0.05, 0) is 23.8 Å². The first-order valence-electron chi connectivity index (χ1n) is 7.19. The molecule has 0 radical (unpaired) electrons. The predicted octanol–water partition coefficient (Wildman–Crippen LogP) is 6.06. The number of para-hydroxylation sites is 1. The van der Waals surface area contributed by atoms with E-state index in [1.807, 2.05) is 48.5 Å². The Bertz CT molecular complexity index is 921. The van der Waals surface area contributed by atoms with Gasteiger partial charge in [0.05, 0.1) is 0 Å². The van der Waals surface area contributed by atoms with Gasteiger partial charge in [-0.2, -0.15) is 0 Å². The minimum Gasteiger partial charge on any atom is -0.455 e. The van der Waals surface area contributed by atoms with E-state index in [2.05, 4.69) is 43.0 Å². The standard InChI is InChI=1S/C20H14OS/c22-16-12-10-14(11-13-16)19-17-8-4-5-9-18(17)21-20(19)15-6-2-1-3-7-15/h1-13,22H. The van der Waals surface area contributed by atoms with Crippen LogP contribution >= 0.6 is 12.6 Å². The van der Waals surface area contributed by atoms with Crippen molar-refractivity contribution < 1.29 is 4.42 Å². The molecule has 0 fully saturated rings. The van der Waals surface area contributed by atoms with Gasteiger partial charge in [0, 0.05) is 21.4 Å². The molecule has 2 heteroatoms. The SMILES string of the molecule is Sc1ccc(-c2c(-c3ccccc3)oc3ccccc23)cc1. The van der Waals surface area contributed by atoms with Gasteiger partial charge in [0.1, 0.15) is 11.3 Å². The zero-order valence-electron chi connectivity index (χ0n) is 11.9. The number of thiol groups is 1. The summed E-state index contributed by atoms with van der Waals surface area (Å²) in [6.07, 6.45) is 0. The number of hydrogen-bond acceptors (Lipinski definition) is 2. The maximum atomic E-state index is 6.15. The molecule has 1 heterocycles. The fourth-order valence-corrected chi connectivity index (χ4v) is 2.90. The molecule has 1 aromatic heterocycles. The molecule has 0 saturated carbocycles. The Morgan fingerprint density at radius 3 is 2.09 bits per heavy atom. The van der Waals surface area contributed by atoms with Gasteiger partial charge in [0.15, 0.2) is 0 Å². The fraction of sp³-hybridized carbons (Fsp3) is 0. The van der Waals surface area contributed by atoms with Crippen molar-refractivity contribution in [3.63, 3.8) is 0 Å². The molecule has 0 amide bonds. The van der Waals surface area contributed by atoms with Crippen LogP contribution in [-0.4, -0.2) is 0 Å². The second kappa shape index (κ2) is 5.39. The summed E-state index contributed by atoms with van der Waals surface area (Å²) in [7, 11) is 0. The number of benzene rings is 3. The van der Waals surface area contributed by atoms with Crippen molar-refractivity contribution in [2.75, 3.05) is 0 Å². The van der Waals surface area contributed by atoms with E-state index in [0.29, 0.717) is 0 Å². The molecule has 0 unspecified atom stereocenters. The second-order valence-electron chi connectivity index (χ2n) is 5.22. The van der Waals surface area contributed by atoms with Gasteiger partial charge in [-0.15, -0.1) is 12.6 Å². The molecule has 3 aromatic carbocycles. The van der Waals surface area contributed by atoms with E-state index < -0.39 is 0 Å². The first kappa shape index (κ1) is 13.2. The number of hydrogen-bond donors (Lipinski definition) is 1. The van der Waals surface area contributed by atoms with Crippen LogP contribution in [0.5, 0.6) is 0 Å². The summed E-state index contributed by atoms with van der Waals surface area (Å²) in [5, 5.41) is 1.13. The van der Waals surface area contributed by atoms with Crippen LogP contribution in [0.1, 0.15) is 0 Å². The van der Waals surface area contributed by atoms with Crippen molar-refractivity contribution in [1.29, 1.82) is 0 Å². The normalized spacial score (nSPS) is 11.0. The topological polar surface area (TPSA) is 13.1 Å². The molecular weight excluding hydrogens is 288 g/mol. The van der Waals surface area contributed by atoms with Crippen LogP contribution in [0.15, 0.2) is 88.2 Å². The zero-order chi connectivity index (χ0) is 14.9. The summed E-state index contributed by atoms with van der Waals surface area (Å²) in [6.45, 7) is 0. The van der Waals surface area contributed by atoms with E-state index in [9.17, 15) is 0 Å². The molecule has 0 aliphatic heterocycles. The molecule has 0 spiro atoms. The van der Waals surface area contributed by atoms with Crippen LogP contribution in [0, 0.1) is 0 Å². The highest BCUT2D eigenvalue weighted by atomic mass is 32.1. The average molecular weight is 302 g/mol. The molecule has 0 aliphatic rings. The largest absolute Gasteiger partial charge is 0.455 e. The summed E-state index contributed by atoms with van der Waals surface area (Å²) in [5.74, 6) is 0.911. The number of rotatable bonds is 2. The van der Waals surface area contributed by atoms with E-state index in [4.69, 9.17) is 4.42 Å². The third kappa shape index (κ3) is 2.22. The number of furan rings is 1. The average Bonchev–Trinajstić information content (AvgIpc) is 2.96. The molecule has 0 aliphatic carbocycles. The quantitative estimate of drug-likeness (QED) is 0.444. The van der Waals surface area contributed by atoms with Gasteiger partial charge < -0.3 is 4.42 Å². The first-order chi connectivity index (χ1) is 10.8. The molecule has 0 bridgehead atoms. The molecule has 106 valence electrons. The van der Waals surface area contributed by atoms with E-state index in [0.717, 1.165) is 38.3 Å². The van der Waals surface area contributed by atoms with Gasteiger partial charge in [-0.1, -0.05) is 60.7 Å². The van der Waals surface area contributed by atoms with E-state index >= 15 is 0 Å². The van der Waals surface area contributed by atoms with Gasteiger partial charge in [0.2, 0.25) is 0 Å². The third-order valence-corrected chi connectivity index (χ3v) is 4.09. The molecule has 0 N–H and O–H groups in total. The Morgan fingerprint density at radius 1 is 0.636 bits per heavy atom. The van der Waals surface area contributed by atoms with Crippen LogP contribution in [0.25, 0.3) is 33.4 Å². The summed E-state index contributed by atoms with van der Waals surface area (Å²) in [4.78, 5) is 0.956. The highest BCUT2D eigenvalue weighted by Gasteiger charge is 2.16. The second-order valence-corrected chi connectivity index (χ2v) is 5.73. The third-order valence-electron chi connectivity index (χ3n) is 3.79. The van der Waals surface area contributed by atoms with Crippen molar-refractivity contribution in [2.45, 2.75) is 4.90 Å². The maximum absolute atomic E-state index is 6.15. The van der Waals surface area contributed by atoms with Crippen LogP contribution < -0.4 is 0 Å². The minimum absolute atomic E-state index is 0.909. The Labute approximate surface area is 134 Å². The summed E-state index contributed by atoms with van der Waals surface area (Å²) in [6, 6.07) is 26.6. The van der Waals surface area contributed by atoms with Crippen LogP contribution in [-0.2, 0) is 0 Å².